The lowest BCUT2D eigenvalue weighted by Gasteiger charge is -2.38. The van der Waals surface area contributed by atoms with Crippen molar-refractivity contribution in [1.82, 2.24) is 4.72 Å². The van der Waals surface area contributed by atoms with E-state index in [4.69, 9.17) is 5.73 Å². The third kappa shape index (κ3) is 2.54. The van der Waals surface area contributed by atoms with Crippen molar-refractivity contribution in [2.45, 2.75) is 36.6 Å². The highest BCUT2D eigenvalue weighted by molar-refractivity contribution is 7.89. The zero-order valence-corrected chi connectivity index (χ0v) is 11.2. The Morgan fingerprint density at radius 3 is 2.53 bits per heavy atom. The lowest BCUT2D eigenvalue weighted by molar-refractivity contribution is -0.386. The molecule has 0 heterocycles. The molecule has 0 bridgehead atoms. The van der Waals surface area contributed by atoms with Crippen LogP contribution < -0.4 is 10.5 Å². The van der Waals surface area contributed by atoms with Crippen molar-refractivity contribution < 1.29 is 13.3 Å². The van der Waals surface area contributed by atoms with Gasteiger partial charge in [-0.15, -0.1) is 0 Å². The first kappa shape index (κ1) is 13.8. The Morgan fingerprint density at radius 1 is 1.42 bits per heavy atom. The van der Waals surface area contributed by atoms with Gasteiger partial charge in [-0.25, -0.2) is 13.1 Å². The van der Waals surface area contributed by atoms with Crippen LogP contribution in [0.3, 0.4) is 0 Å². The van der Waals surface area contributed by atoms with Crippen molar-refractivity contribution >= 4 is 21.4 Å². The van der Waals surface area contributed by atoms with Crippen molar-refractivity contribution in [2.24, 2.45) is 0 Å². The van der Waals surface area contributed by atoms with Gasteiger partial charge in [0.1, 0.15) is 5.69 Å². The molecule has 1 aromatic carbocycles. The highest BCUT2D eigenvalue weighted by Crippen LogP contribution is 2.35. The normalized spacial score (nSPS) is 17.7. The summed E-state index contributed by atoms with van der Waals surface area (Å²) in [6, 6.07) is 3.89. The molecule has 1 saturated carbocycles. The summed E-state index contributed by atoms with van der Waals surface area (Å²) in [5.41, 5.74) is 4.25. The minimum absolute atomic E-state index is 0.161. The van der Waals surface area contributed by atoms with Gasteiger partial charge in [-0.2, -0.15) is 0 Å². The Morgan fingerprint density at radius 2 is 2.05 bits per heavy atom. The second-order valence-corrected chi connectivity index (χ2v) is 6.62. The number of nitrogens with one attached hydrogen (secondary N) is 1. The van der Waals surface area contributed by atoms with E-state index in [1.807, 2.05) is 0 Å². The summed E-state index contributed by atoms with van der Waals surface area (Å²) in [7, 11) is -3.95. The molecule has 2 rings (SSSR count). The first-order chi connectivity index (χ1) is 8.75. The van der Waals surface area contributed by atoms with Crippen molar-refractivity contribution in [3.05, 3.63) is 28.3 Å². The minimum Gasteiger partial charge on any atom is -0.393 e. The van der Waals surface area contributed by atoms with Gasteiger partial charge in [0.25, 0.3) is 0 Å². The van der Waals surface area contributed by atoms with E-state index >= 15 is 0 Å². The van der Waals surface area contributed by atoms with Crippen LogP contribution in [0.4, 0.5) is 11.4 Å². The molecular formula is C11H15N3O4S. The molecule has 1 aromatic rings. The zero-order chi connectivity index (χ0) is 14.3. The molecule has 1 fully saturated rings. The zero-order valence-electron chi connectivity index (χ0n) is 10.4. The van der Waals surface area contributed by atoms with Crippen LogP contribution in [0.25, 0.3) is 0 Å². The van der Waals surface area contributed by atoms with Crippen LogP contribution in [0.5, 0.6) is 0 Å². The summed E-state index contributed by atoms with van der Waals surface area (Å²) >= 11 is 0. The quantitative estimate of drug-likeness (QED) is 0.493. The molecule has 8 heteroatoms. The summed E-state index contributed by atoms with van der Waals surface area (Å²) in [4.78, 5) is 9.82. The van der Waals surface area contributed by atoms with E-state index in [2.05, 4.69) is 4.72 Å². The number of benzene rings is 1. The number of nitrogens with zero attached hydrogens (tertiary/aromatic N) is 1. The summed E-state index contributed by atoms with van der Waals surface area (Å²) < 4.78 is 27.0. The molecule has 3 N–H and O–H groups in total. The highest BCUT2D eigenvalue weighted by Gasteiger charge is 2.38. The third-order valence-electron chi connectivity index (χ3n) is 3.34. The van der Waals surface area contributed by atoms with E-state index in [0.717, 1.165) is 19.3 Å². The largest absolute Gasteiger partial charge is 0.393 e. The van der Waals surface area contributed by atoms with Gasteiger partial charge in [0.2, 0.25) is 10.0 Å². The number of nitrogens with two attached hydrogens (primary N) is 1. The van der Waals surface area contributed by atoms with Crippen LogP contribution in [-0.4, -0.2) is 18.9 Å². The van der Waals surface area contributed by atoms with Crippen LogP contribution in [0.2, 0.25) is 0 Å². The molecule has 0 radical (unpaired) electrons. The predicted molar refractivity (Wildman–Crippen MR) is 70.1 cm³/mol. The monoisotopic (exact) mass is 285 g/mol. The van der Waals surface area contributed by atoms with Gasteiger partial charge < -0.3 is 5.73 Å². The molecule has 0 spiro atoms. The lowest BCUT2D eigenvalue weighted by Crippen LogP contribution is -2.50. The van der Waals surface area contributed by atoms with E-state index in [1.54, 1.807) is 6.92 Å². The molecule has 1 aliphatic rings. The number of nitrogen functional groups attached to an aromatic ring is 1. The SMILES string of the molecule is CC1(NS(=O)(=O)c2cccc(N)c2[N+](=O)[O-])CCC1. The van der Waals surface area contributed by atoms with Crippen LogP contribution >= 0.6 is 0 Å². The van der Waals surface area contributed by atoms with Crippen molar-refractivity contribution in [3.63, 3.8) is 0 Å². The Hall–Kier alpha value is -1.67. The minimum atomic E-state index is -3.95. The van der Waals surface area contributed by atoms with Gasteiger partial charge in [-0.1, -0.05) is 6.07 Å². The fourth-order valence-electron chi connectivity index (χ4n) is 2.14. The van der Waals surface area contributed by atoms with E-state index in [-0.39, 0.29) is 10.6 Å². The molecule has 0 aliphatic heterocycles. The summed E-state index contributed by atoms with van der Waals surface area (Å²) in [6.07, 6.45) is 2.39. The van der Waals surface area contributed by atoms with Crippen molar-refractivity contribution in [3.8, 4) is 0 Å². The van der Waals surface area contributed by atoms with E-state index < -0.39 is 26.2 Å². The molecule has 19 heavy (non-hydrogen) atoms. The predicted octanol–water partition coefficient (Wildman–Crippen LogP) is 1.40. The van der Waals surface area contributed by atoms with Crippen molar-refractivity contribution in [1.29, 1.82) is 0 Å². The van der Waals surface area contributed by atoms with Crippen LogP contribution in [0.1, 0.15) is 26.2 Å². The summed E-state index contributed by atoms with van der Waals surface area (Å²) in [5.74, 6) is 0. The number of anilines is 1. The average molecular weight is 285 g/mol. The van der Waals surface area contributed by atoms with E-state index in [9.17, 15) is 18.5 Å². The molecule has 0 saturated heterocycles. The van der Waals surface area contributed by atoms with Gasteiger partial charge in [0, 0.05) is 5.54 Å². The molecule has 0 amide bonds. The fourth-order valence-corrected chi connectivity index (χ4v) is 3.81. The molecule has 1 aliphatic carbocycles. The van der Waals surface area contributed by atoms with Crippen LogP contribution in [-0.2, 0) is 10.0 Å². The van der Waals surface area contributed by atoms with E-state index in [0.29, 0.717) is 0 Å². The van der Waals surface area contributed by atoms with Gasteiger partial charge in [-0.3, -0.25) is 10.1 Å². The molecular weight excluding hydrogens is 270 g/mol. The van der Waals surface area contributed by atoms with Crippen LogP contribution in [0.15, 0.2) is 23.1 Å². The van der Waals surface area contributed by atoms with Crippen molar-refractivity contribution in [2.75, 3.05) is 5.73 Å². The Balaban J connectivity index is 2.46. The number of sulfonamides is 1. The molecule has 104 valence electrons. The maximum Gasteiger partial charge on any atom is 0.312 e. The molecule has 7 nitrogen and oxygen atoms in total. The van der Waals surface area contributed by atoms with Gasteiger partial charge in [0.15, 0.2) is 4.90 Å². The first-order valence-electron chi connectivity index (χ1n) is 5.82. The summed E-state index contributed by atoms with van der Waals surface area (Å²) in [5, 5.41) is 11.0. The fraction of sp³-hybridized carbons (Fsp3) is 0.455. The molecule has 0 unspecified atom stereocenters. The number of rotatable bonds is 4. The van der Waals surface area contributed by atoms with Gasteiger partial charge in [0.05, 0.1) is 4.92 Å². The number of nitro groups is 1. The molecule has 0 aromatic heterocycles. The Labute approximate surface area is 111 Å². The van der Waals surface area contributed by atoms with E-state index in [1.165, 1.54) is 18.2 Å². The maximum absolute atomic E-state index is 12.2. The third-order valence-corrected chi connectivity index (χ3v) is 5.01. The Bertz CT molecular complexity index is 623. The first-order valence-corrected chi connectivity index (χ1v) is 7.30. The maximum atomic E-state index is 12.2. The van der Waals surface area contributed by atoms with Gasteiger partial charge >= 0.3 is 5.69 Å². The lowest BCUT2D eigenvalue weighted by atomic mass is 9.80. The number of hydrogen-bond acceptors (Lipinski definition) is 5. The average Bonchev–Trinajstić information content (AvgIpc) is 2.25. The highest BCUT2D eigenvalue weighted by atomic mass is 32.2. The smallest absolute Gasteiger partial charge is 0.312 e. The second-order valence-electron chi connectivity index (χ2n) is 4.97. The number of hydrogen-bond donors (Lipinski definition) is 2. The standard InChI is InChI=1S/C11H15N3O4S/c1-11(6-3-7-11)13-19(17,18)9-5-2-4-8(12)10(9)14(15)16/h2,4-5,13H,3,6-7,12H2,1H3. The second kappa shape index (κ2) is 4.46. The topological polar surface area (TPSA) is 115 Å². The number of nitro benzene ring substituents is 1. The number of para-hydroxylation sites is 1. The van der Waals surface area contributed by atoms with Crippen LogP contribution in [0, 0.1) is 10.1 Å². The summed E-state index contributed by atoms with van der Waals surface area (Å²) in [6.45, 7) is 1.78. The molecule has 0 atom stereocenters. The van der Waals surface area contributed by atoms with Gasteiger partial charge in [-0.05, 0) is 38.3 Å². The Kier molecular flexibility index (Phi) is 3.23.